The minimum absolute atomic E-state index is 0.0595. The molecule has 0 bridgehead atoms. The highest BCUT2D eigenvalue weighted by Gasteiger charge is 2.17. The Kier molecular flexibility index (Phi) is 4.91. The number of anilines is 1. The summed E-state index contributed by atoms with van der Waals surface area (Å²) in [6.45, 7) is 4.34. The molecule has 0 aliphatic carbocycles. The van der Waals surface area contributed by atoms with E-state index in [0.29, 0.717) is 23.1 Å². The third-order valence-electron chi connectivity index (χ3n) is 3.04. The van der Waals surface area contributed by atoms with Crippen molar-refractivity contribution >= 4 is 23.3 Å². The molecule has 2 rings (SSSR count). The number of nitrogens with zero attached hydrogens (tertiary/aromatic N) is 1. The Labute approximate surface area is 118 Å². The first kappa shape index (κ1) is 14.0. The van der Waals surface area contributed by atoms with Crippen molar-refractivity contribution in [1.29, 1.82) is 0 Å². The average Bonchev–Trinajstić information content (AvgIpc) is 2.92. The van der Waals surface area contributed by atoms with Crippen LogP contribution in [0.3, 0.4) is 0 Å². The Balaban J connectivity index is 1.97. The Morgan fingerprint density at radius 1 is 1.42 bits per heavy atom. The molecule has 1 aromatic carbocycles. The van der Waals surface area contributed by atoms with Crippen LogP contribution in [0.25, 0.3) is 0 Å². The van der Waals surface area contributed by atoms with E-state index in [4.69, 9.17) is 16.3 Å². The van der Waals surface area contributed by atoms with Crippen LogP contribution in [-0.4, -0.2) is 30.6 Å². The number of carbonyl (C=O) groups is 1. The summed E-state index contributed by atoms with van der Waals surface area (Å²) in [6, 6.07) is 5.26. The molecule has 0 aromatic heterocycles. The zero-order valence-electron chi connectivity index (χ0n) is 11.1. The Hall–Kier alpha value is -1.42. The molecule has 4 nitrogen and oxygen atoms in total. The number of rotatable bonds is 4. The number of urea groups is 1. The minimum Gasteiger partial charge on any atom is -0.492 e. The summed E-state index contributed by atoms with van der Waals surface area (Å²) in [4.78, 5) is 13.7. The van der Waals surface area contributed by atoms with E-state index in [9.17, 15) is 4.79 Å². The van der Waals surface area contributed by atoms with Gasteiger partial charge in [0.2, 0.25) is 0 Å². The summed E-state index contributed by atoms with van der Waals surface area (Å²) in [5.41, 5.74) is 0.700. The third-order valence-corrected chi connectivity index (χ3v) is 3.33. The van der Waals surface area contributed by atoms with Crippen LogP contribution in [0, 0.1) is 0 Å². The van der Waals surface area contributed by atoms with Crippen LogP contribution in [0.15, 0.2) is 18.2 Å². The van der Waals surface area contributed by atoms with Gasteiger partial charge in [0.1, 0.15) is 5.75 Å². The molecule has 5 heteroatoms. The lowest BCUT2D eigenvalue weighted by Gasteiger charge is -2.16. The van der Waals surface area contributed by atoms with E-state index in [1.807, 2.05) is 17.9 Å². The maximum atomic E-state index is 11.9. The predicted molar refractivity (Wildman–Crippen MR) is 77.1 cm³/mol. The van der Waals surface area contributed by atoms with Crippen LogP contribution in [0.4, 0.5) is 10.5 Å². The number of amides is 2. The summed E-state index contributed by atoms with van der Waals surface area (Å²) in [5, 5.41) is 3.38. The van der Waals surface area contributed by atoms with Gasteiger partial charge in [0.25, 0.3) is 0 Å². The van der Waals surface area contributed by atoms with Gasteiger partial charge in [-0.3, -0.25) is 0 Å². The van der Waals surface area contributed by atoms with Crippen molar-refractivity contribution in [2.45, 2.75) is 26.2 Å². The first-order chi connectivity index (χ1) is 9.20. The second kappa shape index (κ2) is 6.66. The second-order valence-corrected chi connectivity index (χ2v) is 5.03. The quantitative estimate of drug-likeness (QED) is 0.914. The number of nitrogens with one attached hydrogen (secondary N) is 1. The van der Waals surface area contributed by atoms with Crippen LogP contribution in [0.5, 0.6) is 5.75 Å². The molecule has 1 N–H and O–H groups in total. The maximum Gasteiger partial charge on any atom is 0.321 e. The Morgan fingerprint density at radius 2 is 2.16 bits per heavy atom. The van der Waals surface area contributed by atoms with E-state index in [-0.39, 0.29) is 6.03 Å². The van der Waals surface area contributed by atoms with E-state index < -0.39 is 0 Å². The van der Waals surface area contributed by atoms with Crippen molar-refractivity contribution in [3.8, 4) is 5.75 Å². The molecule has 0 saturated carbocycles. The number of ether oxygens (including phenoxy) is 1. The molecule has 0 unspecified atom stereocenters. The molecule has 1 heterocycles. The van der Waals surface area contributed by atoms with Gasteiger partial charge >= 0.3 is 6.03 Å². The smallest absolute Gasteiger partial charge is 0.321 e. The molecular formula is C14H19ClN2O2. The van der Waals surface area contributed by atoms with Crippen LogP contribution in [0.1, 0.15) is 26.2 Å². The van der Waals surface area contributed by atoms with Gasteiger partial charge in [-0.25, -0.2) is 4.79 Å². The molecule has 0 radical (unpaired) electrons. The molecule has 104 valence electrons. The summed E-state index contributed by atoms with van der Waals surface area (Å²) < 4.78 is 5.49. The lowest BCUT2D eigenvalue weighted by molar-refractivity contribution is 0.222. The van der Waals surface area contributed by atoms with E-state index >= 15 is 0 Å². The highest BCUT2D eigenvalue weighted by Crippen LogP contribution is 2.28. The minimum atomic E-state index is -0.0595. The fraction of sp³-hybridized carbons (Fsp3) is 0.500. The zero-order valence-corrected chi connectivity index (χ0v) is 11.9. The zero-order chi connectivity index (χ0) is 13.7. The first-order valence-corrected chi connectivity index (χ1v) is 7.07. The van der Waals surface area contributed by atoms with Crippen LogP contribution >= 0.6 is 11.6 Å². The number of hydrogen-bond donors (Lipinski definition) is 1. The van der Waals surface area contributed by atoms with E-state index in [2.05, 4.69) is 5.32 Å². The van der Waals surface area contributed by atoms with Crippen molar-refractivity contribution in [3.05, 3.63) is 23.2 Å². The molecule has 2 amide bonds. The van der Waals surface area contributed by atoms with Gasteiger partial charge < -0.3 is 15.0 Å². The van der Waals surface area contributed by atoms with Gasteiger partial charge in [-0.2, -0.15) is 0 Å². The van der Waals surface area contributed by atoms with Gasteiger partial charge in [0, 0.05) is 18.8 Å². The highest BCUT2D eigenvalue weighted by atomic mass is 35.5. The fourth-order valence-corrected chi connectivity index (χ4v) is 2.27. The molecule has 1 fully saturated rings. The molecule has 19 heavy (non-hydrogen) atoms. The van der Waals surface area contributed by atoms with Crippen LogP contribution in [0.2, 0.25) is 5.02 Å². The number of carbonyl (C=O) groups excluding carboxylic acids is 1. The number of halogens is 1. The van der Waals surface area contributed by atoms with Crippen molar-refractivity contribution in [2.75, 3.05) is 25.0 Å². The van der Waals surface area contributed by atoms with Gasteiger partial charge in [-0.15, -0.1) is 0 Å². The standard InChI is InChI=1S/C14H19ClN2O2/c1-2-9-19-13-6-5-11(10-12(13)15)16-14(18)17-7-3-4-8-17/h5-6,10H,2-4,7-9H2,1H3,(H,16,18). The molecule has 0 atom stereocenters. The third kappa shape index (κ3) is 3.77. The molecule has 1 aliphatic rings. The predicted octanol–water partition coefficient (Wildman–Crippen LogP) is 3.76. The largest absolute Gasteiger partial charge is 0.492 e. The fourth-order valence-electron chi connectivity index (χ4n) is 2.03. The Morgan fingerprint density at radius 3 is 2.79 bits per heavy atom. The lowest BCUT2D eigenvalue weighted by atomic mass is 10.3. The highest BCUT2D eigenvalue weighted by molar-refractivity contribution is 6.32. The number of likely N-dealkylation sites (tertiary alicyclic amines) is 1. The van der Waals surface area contributed by atoms with Gasteiger partial charge in [-0.05, 0) is 37.5 Å². The van der Waals surface area contributed by atoms with E-state index in [0.717, 1.165) is 32.4 Å². The summed E-state index contributed by atoms with van der Waals surface area (Å²) >= 11 is 6.12. The maximum absolute atomic E-state index is 11.9. The van der Waals surface area contributed by atoms with Gasteiger partial charge in [0.15, 0.2) is 0 Å². The molecule has 1 saturated heterocycles. The summed E-state index contributed by atoms with van der Waals surface area (Å²) in [6.07, 6.45) is 3.10. The molecule has 1 aromatic rings. The average molecular weight is 283 g/mol. The topological polar surface area (TPSA) is 41.6 Å². The Bertz CT molecular complexity index is 445. The monoisotopic (exact) mass is 282 g/mol. The van der Waals surface area contributed by atoms with Gasteiger partial charge in [-0.1, -0.05) is 18.5 Å². The van der Waals surface area contributed by atoms with E-state index in [1.165, 1.54) is 0 Å². The normalized spacial score (nSPS) is 14.5. The number of hydrogen-bond acceptors (Lipinski definition) is 2. The van der Waals surface area contributed by atoms with Crippen LogP contribution < -0.4 is 10.1 Å². The summed E-state index contributed by atoms with van der Waals surface area (Å²) in [5.74, 6) is 0.655. The van der Waals surface area contributed by atoms with Crippen molar-refractivity contribution in [2.24, 2.45) is 0 Å². The van der Waals surface area contributed by atoms with Crippen molar-refractivity contribution < 1.29 is 9.53 Å². The van der Waals surface area contributed by atoms with Crippen molar-refractivity contribution in [1.82, 2.24) is 4.90 Å². The van der Waals surface area contributed by atoms with Crippen molar-refractivity contribution in [3.63, 3.8) is 0 Å². The van der Waals surface area contributed by atoms with E-state index in [1.54, 1.807) is 12.1 Å². The van der Waals surface area contributed by atoms with Gasteiger partial charge in [0.05, 0.1) is 11.6 Å². The molecular weight excluding hydrogens is 264 g/mol. The first-order valence-electron chi connectivity index (χ1n) is 6.69. The SMILES string of the molecule is CCCOc1ccc(NC(=O)N2CCCC2)cc1Cl. The molecule has 0 spiro atoms. The second-order valence-electron chi connectivity index (χ2n) is 4.62. The number of benzene rings is 1. The van der Waals surface area contributed by atoms with Crippen LogP contribution in [-0.2, 0) is 0 Å². The summed E-state index contributed by atoms with van der Waals surface area (Å²) in [7, 11) is 0. The lowest BCUT2D eigenvalue weighted by Crippen LogP contribution is -2.32. The molecule has 1 aliphatic heterocycles.